The van der Waals surface area contributed by atoms with E-state index in [2.05, 4.69) is 10.1 Å². The Balaban J connectivity index is 2.94. The number of hydrogen-bond acceptors (Lipinski definition) is 4. The minimum atomic E-state index is -5.02. The molecule has 0 saturated heterocycles. The van der Waals surface area contributed by atoms with Crippen LogP contribution >= 0.6 is 0 Å². The molecule has 6 nitrogen and oxygen atoms in total. The van der Waals surface area contributed by atoms with Gasteiger partial charge in [0.1, 0.15) is 0 Å². The number of nitrogens with zero attached hydrogens (tertiary/aromatic N) is 1. The monoisotopic (exact) mass is 320 g/mol. The smallest absolute Gasteiger partial charge is 0.398 e. The summed E-state index contributed by atoms with van der Waals surface area (Å²) >= 11 is 0. The summed E-state index contributed by atoms with van der Waals surface area (Å²) in [5, 5.41) is 13.4. The Morgan fingerprint density at radius 3 is 2.36 bits per heavy atom. The van der Waals surface area contributed by atoms with E-state index in [4.69, 9.17) is 0 Å². The summed E-state index contributed by atoms with van der Waals surface area (Å²) < 4.78 is 40.1. The fourth-order valence-electron chi connectivity index (χ4n) is 1.47. The minimum absolute atomic E-state index is 0.0385. The van der Waals surface area contributed by atoms with Gasteiger partial charge in [0.25, 0.3) is 0 Å². The number of rotatable bonds is 4. The fourth-order valence-corrected chi connectivity index (χ4v) is 1.47. The summed E-state index contributed by atoms with van der Waals surface area (Å²) in [6.07, 6.45) is -5.02. The number of alkyl halides is 3. The van der Waals surface area contributed by atoms with Gasteiger partial charge in [0, 0.05) is 18.0 Å². The minimum Gasteiger partial charge on any atom is -0.398 e. The van der Waals surface area contributed by atoms with Crippen LogP contribution in [0.4, 0.5) is 18.9 Å². The van der Waals surface area contributed by atoms with Gasteiger partial charge in [0.2, 0.25) is 11.7 Å². The van der Waals surface area contributed by atoms with Crippen molar-refractivity contribution in [1.82, 2.24) is 5.32 Å². The fraction of sp³-hybridized carbons (Fsp3) is 0.462. The maximum atomic E-state index is 12.2. The summed E-state index contributed by atoms with van der Waals surface area (Å²) in [5.74, 6) is -1.19. The van der Waals surface area contributed by atoms with Crippen LogP contribution in [0.25, 0.3) is 0 Å². The van der Waals surface area contributed by atoms with Crippen LogP contribution in [-0.4, -0.2) is 17.2 Å². The van der Waals surface area contributed by atoms with Crippen molar-refractivity contribution in [2.75, 3.05) is 0 Å². The van der Waals surface area contributed by atoms with Gasteiger partial charge in [0.15, 0.2) is 0 Å². The first-order chi connectivity index (χ1) is 9.90. The quantitative estimate of drug-likeness (QED) is 0.682. The lowest BCUT2D eigenvalue weighted by Crippen LogP contribution is -2.34. The van der Waals surface area contributed by atoms with Crippen LogP contribution in [0, 0.1) is 15.5 Å². The molecule has 0 radical (unpaired) electrons. The van der Waals surface area contributed by atoms with Crippen molar-refractivity contribution < 1.29 is 27.6 Å². The second-order valence-corrected chi connectivity index (χ2v) is 5.54. The molecule has 1 amide bonds. The largest absolute Gasteiger partial charge is 0.573 e. The highest BCUT2D eigenvalue weighted by Gasteiger charge is 2.34. The molecule has 1 N–H and O–H groups in total. The van der Waals surface area contributed by atoms with Crippen molar-refractivity contribution in [3.05, 3.63) is 33.9 Å². The van der Waals surface area contributed by atoms with E-state index in [0.717, 1.165) is 12.1 Å². The number of nitrogens with one attached hydrogen (secondary N) is 1. The number of carbonyl (C=O) groups excluding carboxylic acids is 1. The molecule has 0 heterocycles. The summed E-state index contributed by atoms with van der Waals surface area (Å²) in [6, 6.07) is 3.01. The third-order valence-corrected chi connectivity index (χ3v) is 2.58. The van der Waals surface area contributed by atoms with E-state index in [-0.39, 0.29) is 12.5 Å². The second kappa shape index (κ2) is 6.20. The zero-order valence-electron chi connectivity index (χ0n) is 12.2. The molecular formula is C13H15F3N2O4. The normalized spacial score (nSPS) is 11.9. The standard InChI is InChI=1S/C13H15F3N2O4/c1-12(2,3)11(19)17-7-8-4-5-10(22-13(14,15)16)9(6-8)18(20)21/h4-6H,7H2,1-3H3,(H,17,19). The molecule has 0 unspecified atom stereocenters. The Kier molecular flexibility index (Phi) is 5.00. The Bertz CT molecular complexity index is 580. The molecule has 1 aromatic rings. The summed E-state index contributed by atoms with van der Waals surface area (Å²) in [6.45, 7) is 5.02. The molecule has 9 heteroatoms. The molecule has 0 fully saturated rings. The predicted molar refractivity (Wildman–Crippen MR) is 71.1 cm³/mol. The maximum absolute atomic E-state index is 12.2. The summed E-state index contributed by atoms with van der Waals surface area (Å²) in [4.78, 5) is 21.5. The third-order valence-electron chi connectivity index (χ3n) is 2.58. The first-order valence-corrected chi connectivity index (χ1v) is 6.21. The molecule has 0 spiro atoms. The summed E-state index contributed by atoms with van der Waals surface area (Å²) in [5.41, 5.74) is -1.18. The average Bonchev–Trinajstić information content (AvgIpc) is 2.33. The highest BCUT2D eigenvalue weighted by atomic mass is 19.4. The average molecular weight is 320 g/mol. The molecule has 1 aromatic carbocycles. The zero-order chi connectivity index (χ0) is 17.1. The highest BCUT2D eigenvalue weighted by Crippen LogP contribution is 2.32. The van der Waals surface area contributed by atoms with E-state index in [1.165, 1.54) is 6.07 Å². The van der Waals surface area contributed by atoms with E-state index in [1.54, 1.807) is 20.8 Å². The topological polar surface area (TPSA) is 81.5 Å². The Morgan fingerprint density at radius 1 is 1.32 bits per heavy atom. The van der Waals surface area contributed by atoms with Crippen molar-refractivity contribution in [1.29, 1.82) is 0 Å². The van der Waals surface area contributed by atoms with Crippen molar-refractivity contribution in [2.45, 2.75) is 33.7 Å². The van der Waals surface area contributed by atoms with Crippen molar-refractivity contribution in [2.24, 2.45) is 5.41 Å². The number of carbonyl (C=O) groups is 1. The van der Waals surface area contributed by atoms with Crippen LogP contribution in [0.5, 0.6) is 5.75 Å². The molecule has 0 aromatic heterocycles. The van der Waals surface area contributed by atoms with Crippen LogP contribution in [0.3, 0.4) is 0 Å². The molecule has 0 aliphatic rings. The summed E-state index contributed by atoms with van der Waals surface area (Å²) in [7, 11) is 0. The van der Waals surface area contributed by atoms with Gasteiger partial charge < -0.3 is 10.1 Å². The number of amides is 1. The van der Waals surface area contributed by atoms with Crippen LogP contribution < -0.4 is 10.1 Å². The molecule has 122 valence electrons. The Hall–Kier alpha value is -2.32. The van der Waals surface area contributed by atoms with Gasteiger partial charge in [-0.15, -0.1) is 13.2 Å². The van der Waals surface area contributed by atoms with Crippen molar-refractivity contribution in [3.63, 3.8) is 0 Å². The number of ether oxygens (including phenoxy) is 1. The molecule has 0 aliphatic heterocycles. The molecule has 0 bridgehead atoms. The predicted octanol–water partition coefficient (Wildman–Crippen LogP) is 3.16. The lowest BCUT2D eigenvalue weighted by molar-refractivity contribution is -0.388. The van der Waals surface area contributed by atoms with Crippen LogP contribution in [0.1, 0.15) is 26.3 Å². The molecule has 0 saturated carbocycles. The molecule has 0 atom stereocenters. The Labute approximate surface area is 124 Å². The van der Waals surface area contributed by atoms with Crippen molar-refractivity contribution in [3.8, 4) is 5.75 Å². The van der Waals surface area contributed by atoms with Crippen molar-refractivity contribution >= 4 is 11.6 Å². The van der Waals surface area contributed by atoms with Crippen LogP contribution in [0.2, 0.25) is 0 Å². The van der Waals surface area contributed by atoms with E-state index in [1.807, 2.05) is 0 Å². The first-order valence-electron chi connectivity index (χ1n) is 6.21. The van der Waals surface area contributed by atoms with Gasteiger partial charge in [0.05, 0.1) is 4.92 Å². The SMILES string of the molecule is CC(C)(C)C(=O)NCc1ccc(OC(F)(F)F)c([N+](=O)[O-])c1. The van der Waals surface area contributed by atoms with Gasteiger partial charge in [-0.3, -0.25) is 14.9 Å². The number of hydrogen-bond donors (Lipinski definition) is 1. The van der Waals surface area contributed by atoms with E-state index >= 15 is 0 Å². The van der Waals surface area contributed by atoms with Crippen LogP contribution in [0.15, 0.2) is 18.2 Å². The van der Waals surface area contributed by atoms with Gasteiger partial charge in [-0.05, 0) is 11.6 Å². The maximum Gasteiger partial charge on any atom is 0.573 e. The Morgan fingerprint density at radius 2 is 1.91 bits per heavy atom. The number of nitro groups is 1. The van der Waals surface area contributed by atoms with Gasteiger partial charge >= 0.3 is 12.0 Å². The highest BCUT2D eigenvalue weighted by molar-refractivity contribution is 5.81. The van der Waals surface area contributed by atoms with Gasteiger partial charge in [-0.25, -0.2) is 0 Å². The lowest BCUT2D eigenvalue weighted by Gasteiger charge is -2.17. The molecular weight excluding hydrogens is 305 g/mol. The van der Waals surface area contributed by atoms with Gasteiger partial charge in [-0.2, -0.15) is 0 Å². The van der Waals surface area contributed by atoms with E-state index in [9.17, 15) is 28.1 Å². The zero-order valence-corrected chi connectivity index (χ0v) is 12.2. The van der Waals surface area contributed by atoms with E-state index in [0.29, 0.717) is 5.56 Å². The molecule has 1 rings (SSSR count). The molecule has 22 heavy (non-hydrogen) atoms. The molecule has 0 aliphatic carbocycles. The lowest BCUT2D eigenvalue weighted by atomic mass is 9.95. The van der Waals surface area contributed by atoms with Gasteiger partial charge in [-0.1, -0.05) is 26.8 Å². The number of nitro benzene ring substituents is 1. The third kappa shape index (κ3) is 5.23. The number of halogens is 3. The van der Waals surface area contributed by atoms with E-state index < -0.39 is 28.1 Å². The second-order valence-electron chi connectivity index (χ2n) is 5.54. The van der Waals surface area contributed by atoms with Crippen LogP contribution in [-0.2, 0) is 11.3 Å². The first kappa shape index (κ1) is 17.7. The number of benzene rings is 1.